The van der Waals surface area contributed by atoms with Crippen LogP contribution >= 0.6 is 0 Å². The predicted octanol–water partition coefficient (Wildman–Crippen LogP) is 0.901. The fourth-order valence-corrected chi connectivity index (χ4v) is 1.52. The van der Waals surface area contributed by atoms with Crippen LogP contribution in [0.25, 0.3) is 0 Å². The van der Waals surface area contributed by atoms with Crippen molar-refractivity contribution in [3.63, 3.8) is 0 Å². The van der Waals surface area contributed by atoms with Gasteiger partial charge in [0.2, 0.25) is 5.91 Å². The van der Waals surface area contributed by atoms with Crippen molar-refractivity contribution in [3.05, 3.63) is 0 Å². The summed E-state index contributed by atoms with van der Waals surface area (Å²) in [6.45, 7) is 6.61. The lowest BCUT2D eigenvalue weighted by Crippen LogP contribution is -2.44. The molecule has 0 aliphatic heterocycles. The van der Waals surface area contributed by atoms with Crippen molar-refractivity contribution in [2.45, 2.75) is 33.6 Å². The highest BCUT2D eigenvalue weighted by molar-refractivity contribution is 5.83. The van der Waals surface area contributed by atoms with Crippen molar-refractivity contribution in [3.8, 4) is 0 Å². The third kappa shape index (κ3) is 9.70. The number of nitrogens with one attached hydrogen (secondary N) is 2. The highest BCUT2D eigenvalue weighted by Gasteiger charge is 2.13. The van der Waals surface area contributed by atoms with Crippen LogP contribution in [0.1, 0.15) is 33.6 Å². The molecule has 3 N–H and O–H groups in total. The molecule has 0 aromatic rings. The molecule has 0 rings (SSSR count). The van der Waals surface area contributed by atoms with Crippen LogP contribution in [0, 0.1) is 11.8 Å². The molecule has 122 valence electrons. The second-order valence-corrected chi connectivity index (χ2v) is 5.67. The number of carbonyl (C=O) groups excluding carboxylic acids is 2. The Hall–Kier alpha value is -1.79. The maximum absolute atomic E-state index is 11.7. The molecule has 7 heteroatoms. The Morgan fingerprint density at radius 1 is 1.14 bits per heavy atom. The van der Waals surface area contributed by atoms with Gasteiger partial charge in [-0.2, -0.15) is 0 Å². The number of nitrogens with zero attached hydrogens (tertiary/aromatic N) is 1. The van der Waals surface area contributed by atoms with Crippen LogP contribution in [0.2, 0.25) is 0 Å². The van der Waals surface area contributed by atoms with E-state index in [0.29, 0.717) is 31.8 Å². The number of urea groups is 1. The van der Waals surface area contributed by atoms with E-state index in [4.69, 9.17) is 5.11 Å². The molecule has 0 heterocycles. The largest absolute Gasteiger partial charge is 0.481 e. The standard InChI is InChI=1S/C14H27N3O4/c1-10(2)8-16-12(18)9-17(4)14(21)15-7-5-6-11(3)13(19)20/h10-11H,5-9H2,1-4H3,(H,15,21)(H,16,18)(H,19,20). The third-order valence-corrected chi connectivity index (χ3v) is 2.95. The molecular weight excluding hydrogens is 274 g/mol. The van der Waals surface area contributed by atoms with Crippen LogP contribution in [-0.4, -0.2) is 54.6 Å². The molecule has 0 aromatic carbocycles. The topological polar surface area (TPSA) is 98.7 Å². The Bertz CT molecular complexity index is 358. The summed E-state index contributed by atoms with van der Waals surface area (Å²) in [4.78, 5) is 35.2. The maximum Gasteiger partial charge on any atom is 0.317 e. The van der Waals surface area contributed by atoms with Gasteiger partial charge < -0.3 is 20.6 Å². The number of amides is 3. The van der Waals surface area contributed by atoms with Crippen LogP contribution in [0.15, 0.2) is 0 Å². The van der Waals surface area contributed by atoms with Gasteiger partial charge in [-0.1, -0.05) is 20.8 Å². The summed E-state index contributed by atoms with van der Waals surface area (Å²) in [5.41, 5.74) is 0. The fourth-order valence-electron chi connectivity index (χ4n) is 1.52. The molecular formula is C14H27N3O4. The van der Waals surface area contributed by atoms with Gasteiger partial charge in [-0.15, -0.1) is 0 Å². The first-order valence-electron chi connectivity index (χ1n) is 7.22. The van der Waals surface area contributed by atoms with Gasteiger partial charge in [0.1, 0.15) is 6.54 Å². The molecule has 0 fully saturated rings. The van der Waals surface area contributed by atoms with E-state index in [9.17, 15) is 14.4 Å². The molecule has 0 bridgehead atoms. The molecule has 1 atom stereocenters. The van der Waals surface area contributed by atoms with Crippen LogP contribution < -0.4 is 10.6 Å². The number of carbonyl (C=O) groups is 3. The molecule has 0 radical (unpaired) electrons. The first kappa shape index (κ1) is 19.2. The molecule has 0 spiro atoms. The predicted molar refractivity (Wildman–Crippen MR) is 79.9 cm³/mol. The molecule has 3 amide bonds. The third-order valence-electron chi connectivity index (χ3n) is 2.95. The first-order valence-corrected chi connectivity index (χ1v) is 7.22. The van der Waals surface area contributed by atoms with Gasteiger partial charge >= 0.3 is 12.0 Å². The van der Waals surface area contributed by atoms with Crippen molar-refractivity contribution in [1.29, 1.82) is 0 Å². The summed E-state index contributed by atoms with van der Waals surface area (Å²) in [5.74, 6) is -1.08. The van der Waals surface area contributed by atoms with Crippen LogP contribution in [-0.2, 0) is 9.59 Å². The Morgan fingerprint density at radius 2 is 1.76 bits per heavy atom. The quantitative estimate of drug-likeness (QED) is 0.551. The van der Waals surface area contributed by atoms with Gasteiger partial charge in [-0.25, -0.2) is 4.79 Å². The minimum atomic E-state index is -0.833. The molecule has 1 unspecified atom stereocenters. The summed E-state index contributed by atoms with van der Waals surface area (Å²) in [5, 5.41) is 14.1. The van der Waals surface area contributed by atoms with Gasteiger partial charge in [0, 0.05) is 20.1 Å². The Kier molecular flexibility index (Phi) is 9.16. The number of aliphatic carboxylic acids is 1. The normalized spacial score (nSPS) is 11.9. The lowest BCUT2D eigenvalue weighted by Gasteiger charge is -2.18. The zero-order valence-electron chi connectivity index (χ0n) is 13.3. The number of rotatable bonds is 9. The van der Waals surface area contributed by atoms with Crippen molar-refractivity contribution in [2.24, 2.45) is 11.8 Å². The molecule has 0 saturated heterocycles. The van der Waals surface area contributed by atoms with E-state index in [1.165, 1.54) is 4.90 Å². The van der Waals surface area contributed by atoms with Gasteiger partial charge in [-0.3, -0.25) is 9.59 Å². The number of hydrogen-bond donors (Lipinski definition) is 3. The smallest absolute Gasteiger partial charge is 0.317 e. The molecule has 0 aliphatic carbocycles. The number of likely N-dealkylation sites (N-methyl/N-ethyl adjacent to an activating group) is 1. The minimum absolute atomic E-state index is 0.00405. The summed E-state index contributed by atoms with van der Waals surface area (Å²) in [6, 6.07) is -0.335. The van der Waals surface area contributed by atoms with Crippen molar-refractivity contribution in [2.75, 3.05) is 26.7 Å². The molecule has 0 aromatic heterocycles. The van der Waals surface area contributed by atoms with Crippen molar-refractivity contribution in [1.82, 2.24) is 15.5 Å². The molecule has 7 nitrogen and oxygen atoms in total. The van der Waals surface area contributed by atoms with Crippen LogP contribution in [0.5, 0.6) is 0 Å². The highest BCUT2D eigenvalue weighted by atomic mass is 16.4. The molecule has 0 aliphatic rings. The van der Waals surface area contributed by atoms with Gasteiger partial charge in [0.25, 0.3) is 0 Å². The van der Waals surface area contributed by atoms with E-state index in [1.54, 1.807) is 14.0 Å². The SMILES string of the molecule is CC(C)CNC(=O)CN(C)C(=O)NCCCC(C)C(=O)O. The highest BCUT2D eigenvalue weighted by Crippen LogP contribution is 2.04. The second-order valence-electron chi connectivity index (χ2n) is 5.67. The van der Waals surface area contributed by atoms with Gasteiger partial charge in [0.15, 0.2) is 0 Å². The lowest BCUT2D eigenvalue weighted by molar-refractivity contribution is -0.141. The second kappa shape index (κ2) is 10.0. The van der Waals surface area contributed by atoms with Crippen LogP contribution in [0.3, 0.4) is 0 Å². The van der Waals surface area contributed by atoms with Crippen molar-refractivity contribution < 1.29 is 19.5 Å². The zero-order valence-corrected chi connectivity index (χ0v) is 13.3. The van der Waals surface area contributed by atoms with E-state index in [2.05, 4.69) is 10.6 Å². The average Bonchev–Trinajstić information content (AvgIpc) is 2.40. The van der Waals surface area contributed by atoms with E-state index < -0.39 is 11.9 Å². The number of hydrogen-bond acceptors (Lipinski definition) is 3. The fraction of sp³-hybridized carbons (Fsp3) is 0.786. The van der Waals surface area contributed by atoms with E-state index in [1.807, 2.05) is 13.8 Å². The summed E-state index contributed by atoms with van der Waals surface area (Å²) in [6.07, 6.45) is 1.10. The summed E-state index contributed by atoms with van der Waals surface area (Å²) < 4.78 is 0. The maximum atomic E-state index is 11.7. The average molecular weight is 301 g/mol. The molecule has 0 saturated carbocycles. The van der Waals surface area contributed by atoms with E-state index in [-0.39, 0.29) is 18.5 Å². The van der Waals surface area contributed by atoms with Crippen LogP contribution in [0.4, 0.5) is 4.79 Å². The van der Waals surface area contributed by atoms with E-state index >= 15 is 0 Å². The monoisotopic (exact) mass is 301 g/mol. The van der Waals surface area contributed by atoms with Crippen molar-refractivity contribution >= 4 is 17.9 Å². The lowest BCUT2D eigenvalue weighted by atomic mass is 10.1. The van der Waals surface area contributed by atoms with Gasteiger partial charge in [-0.05, 0) is 18.8 Å². The van der Waals surface area contributed by atoms with E-state index in [0.717, 1.165) is 0 Å². The Labute approximate surface area is 126 Å². The Morgan fingerprint density at radius 3 is 2.29 bits per heavy atom. The summed E-state index contributed by atoms with van der Waals surface area (Å²) in [7, 11) is 1.55. The number of carboxylic acids is 1. The zero-order chi connectivity index (χ0) is 16.4. The molecule has 21 heavy (non-hydrogen) atoms. The minimum Gasteiger partial charge on any atom is -0.481 e. The van der Waals surface area contributed by atoms with Gasteiger partial charge in [0.05, 0.1) is 5.92 Å². The Balaban J connectivity index is 3.84. The first-order chi connectivity index (χ1) is 9.73. The summed E-state index contributed by atoms with van der Waals surface area (Å²) >= 11 is 0. The number of carboxylic acid groups (broad SMARTS) is 1.